The minimum Gasteiger partial charge on any atom is -0.481 e. The molecule has 0 heterocycles. The molecule has 0 radical (unpaired) electrons. The molecule has 2 N–H and O–H groups in total. The summed E-state index contributed by atoms with van der Waals surface area (Å²) in [7, 11) is 2.63. The highest BCUT2D eigenvalue weighted by molar-refractivity contribution is 5.83. The van der Waals surface area contributed by atoms with Crippen LogP contribution < -0.4 is 5.32 Å². The zero-order valence-electron chi connectivity index (χ0n) is 16.1. The quantitative estimate of drug-likeness (QED) is 0.687. The third-order valence-corrected chi connectivity index (χ3v) is 4.37. The fourth-order valence-corrected chi connectivity index (χ4v) is 3.33. The first-order chi connectivity index (χ1) is 11.9. The largest absolute Gasteiger partial charge is 0.481 e. The molecule has 148 valence electrons. The van der Waals surface area contributed by atoms with Gasteiger partial charge in [-0.25, -0.2) is 4.79 Å². The van der Waals surface area contributed by atoms with Crippen molar-refractivity contribution in [1.82, 2.24) is 10.2 Å². The van der Waals surface area contributed by atoms with E-state index in [-0.39, 0.29) is 18.9 Å². The second-order valence-electron chi connectivity index (χ2n) is 7.51. The first kappa shape index (κ1) is 21.7. The van der Waals surface area contributed by atoms with E-state index in [0.717, 1.165) is 0 Å². The summed E-state index contributed by atoms with van der Waals surface area (Å²) in [6, 6.07) is -0.773. The maximum absolute atomic E-state index is 12.5. The Labute approximate surface area is 153 Å². The highest BCUT2D eigenvalue weighted by atomic mass is 16.6. The van der Waals surface area contributed by atoms with Gasteiger partial charge in [-0.1, -0.05) is 0 Å². The fraction of sp³-hybridized carbons (Fsp3) is 0.765. The van der Waals surface area contributed by atoms with Gasteiger partial charge in [0, 0.05) is 20.5 Å². The normalized spacial score (nSPS) is 25.3. The van der Waals surface area contributed by atoms with Gasteiger partial charge in [0.15, 0.2) is 0 Å². The summed E-state index contributed by atoms with van der Waals surface area (Å²) in [5, 5.41) is 12.2. The molecule has 9 nitrogen and oxygen atoms in total. The molecule has 0 aromatic heterocycles. The molecule has 0 aromatic rings. The van der Waals surface area contributed by atoms with Gasteiger partial charge >= 0.3 is 18.0 Å². The van der Waals surface area contributed by atoms with Crippen molar-refractivity contribution in [2.45, 2.75) is 45.8 Å². The van der Waals surface area contributed by atoms with E-state index < -0.39 is 47.4 Å². The molecule has 0 spiro atoms. The number of amides is 2. The molecule has 26 heavy (non-hydrogen) atoms. The van der Waals surface area contributed by atoms with Gasteiger partial charge in [-0.2, -0.15) is 0 Å². The molecular weight excluding hydrogens is 344 g/mol. The van der Waals surface area contributed by atoms with E-state index in [9.17, 15) is 24.3 Å². The Morgan fingerprint density at radius 2 is 1.81 bits per heavy atom. The summed E-state index contributed by atoms with van der Waals surface area (Å²) in [6.07, 6.45) is -0.539. The standard InChI is InChI=1S/C17H28N2O7/c1-9(20)18-8-10-7-11(14(21)22)12(15(23)25-6)13(10)19(5)16(24)26-17(2,3)4/h10-13H,7-8H2,1-6H3,(H,18,20)(H,21,22)/t10-,11?,12-,13-/m0/s1. The number of rotatable bonds is 5. The van der Waals surface area contributed by atoms with Crippen molar-refractivity contribution in [3.63, 3.8) is 0 Å². The molecule has 1 unspecified atom stereocenters. The van der Waals surface area contributed by atoms with Crippen LogP contribution in [0.15, 0.2) is 0 Å². The summed E-state index contributed by atoms with van der Waals surface area (Å²) in [6.45, 7) is 6.61. The summed E-state index contributed by atoms with van der Waals surface area (Å²) in [4.78, 5) is 48.9. The molecule has 0 aromatic carbocycles. The van der Waals surface area contributed by atoms with Crippen molar-refractivity contribution < 1.29 is 33.8 Å². The Balaban J connectivity index is 3.20. The number of carboxylic acid groups (broad SMARTS) is 1. The third-order valence-electron chi connectivity index (χ3n) is 4.37. The van der Waals surface area contributed by atoms with Crippen molar-refractivity contribution in [3.05, 3.63) is 0 Å². The smallest absolute Gasteiger partial charge is 0.410 e. The Morgan fingerprint density at radius 3 is 2.23 bits per heavy atom. The average molecular weight is 372 g/mol. The lowest BCUT2D eigenvalue weighted by atomic mass is 9.92. The van der Waals surface area contributed by atoms with Crippen LogP contribution in [0, 0.1) is 17.8 Å². The number of nitrogens with one attached hydrogen (secondary N) is 1. The number of aliphatic carboxylic acids is 1. The van der Waals surface area contributed by atoms with Crippen LogP contribution in [0.2, 0.25) is 0 Å². The van der Waals surface area contributed by atoms with Crippen LogP contribution in [0.25, 0.3) is 0 Å². The van der Waals surface area contributed by atoms with Gasteiger partial charge in [0.1, 0.15) is 5.60 Å². The SMILES string of the molecule is COC(=O)[C@H]1C(C(=O)O)C[C@@H](CNC(C)=O)[C@@H]1N(C)C(=O)OC(C)(C)C. The molecule has 1 aliphatic rings. The number of hydrogen-bond donors (Lipinski definition) is 2. The maximum atomic E-state index is 12.5. The molecule has 2 amide bonds. The van der Waals surface area contributed by atoms with Gasteiger partial charge in [-0.05, 0) is 33.1 Å². The Kier molecular flexibility index (Phi) is 7.00. The van der Waals surface area contributed by atoms with Crippen molar-refractivity contribution >= 4 is 23.9 Å². The van der Waals surface area contributed by atoms with Crippen LogP contribution >= 0.6 is 0 Å². The zero-order valence-corrected chi connectivity index (χ0v) is 16.1. The first-order valence-electron chi connectivity index (χ1n) is 8.40. The third kappa shape index (κ3) is 5.34. The highest BCUT2D eigenvalue weighted by Crippen LogP contribution is 2.40. The second-order valence-corrected chi connectivity index (χ2v) is 7.51. The lowest BCUT2D eigenvalue weighted by Gasteiger charge is -2.34. The molecular formula is C17H28N2O7. The van der Waals surface area contributed by atoms with E-state index in [0.29, 0.717) is 0 Å². The van der Waals surface area contributed by atoms with Crippen LogP contribution in [0.3, 0.4) is 0 Å². The van der Waals surface area contributed by atoms with E-state index in [1.807, 2.05) is 0 Å². The second kappa shape index (κ2) is 8.37. The molecule has 4 atom stereocenters. The lowest BCUT2D eigenvalue weighted by Crippen LogP contribution is -2.50. The molecule has 1 saturated carbocycles. The molecule has 0 aliphatic heterocycles. The highest BCUT2D eigenvalue weighted by Gasteiger charge is 2.53. The van der Waals surface area contributed by atoms with E-state index in [1.165, 1.54) is 26.0 Å². The summed E-state index contributed by atoms with van der Waals surface area (Å²) in [5.41, 5.74) is -0.746. The number of esters is 1. The molecule has 9 heteroatoms. The van der Waals surface area contributed by atoms with Gasteiger partial charge in [0.05, 0.1) is 25.0 Å². The Bertz CT molecular complexity index is 570. The minimum absolute atomic E-state index is 0.132. The van der Waals surface area contributed by atoms with Gasteiger partial charge in [0.2, 0.25) is 5.91 Å². The van der Waals surface area contributed by atoms with E-state index in [1.54, 1.807) is 20.8 Å². The van der Waals surface area contributed by atoms with E-state index in [2.05, 4.69) is 5.32 Å². The fourth-order valence-electron chi connectivity index (χ4n) is 3.33. The number of methoxy groups -OCH3 is 1. The topological polar surface area (TPSA) is 122 Å². The van der Waals surface area contributed by atoms with Crippen LogP contribution in [0.1, 0.15) is 34.1 Å². The van der Waals surface area contributed by atoms with Gasteiger partial charge in [-0.3, -0.25) is 14.4 Å². The maximum Gasteiger partial charge on any atom is 0.410 e. The molecule has 1 fully saturated rings. The Hall–Kier alpha value is -2.32. The first-order valence-corrected chi connectivity index (χ1v) is 8.40. The van der Waals surface area contributed by atoms with Crippen LogP contribution in [0.5, 0.6) is 0 Å². The van der Waals surface area contributed by atoms with E-state index >= 15 is 0 Å². The molecule has 0 bridgehead atoms. The number of ether oxygens (including phenoxy) is 2. The van der Waals surface area contributed by atoms with Crippen LogP contribution in [-0.4, -0.2) is 66.3 Å². The summed E-state index contributed by atoms with van der Waals surface area (Å²) < 4.78 is 10.1. The van der Waals surface area contributed by atoms with Crippen LogP contribution in [0.4, 0.5) is 4.79 Å². The van der Waals surface area contributed by atoms with Crippen molar-refractivity contribution in [3.8, 4) is 0 Å². The number of nitrogens with zero attached hydrogens (tertiary/aromatic N) is 1. The minimum atomic E-state index is -1.15. The van der Waals surface area contributed by atoms with Crippen molar-refractivity contribution in [1.29, 1.82) is 0 Å². The predicted octanol–water partition coefficient (Wildman–Crippen LogP) is 0.868. The monoisotopic (exact) mass is 372 g/mol. The number of carbonyl (C=O) groups is 4. The van der Waals surface area contributed by atoms with Gasteiger partial charge < -0.3 is 24.8 Å². The molecule has 1 rings (SSSR count). The summed E-state index contributed by atoms with van der Waals surface area (Å²) >= 11 is 0. The Morgan fingerprint density at radius 1 is 1.23 bits per heavy atom. The number of carboxylic acids is 1. The van der Waals surface area contributed by atoms with Gasteiger partial charge in [-0.15, -0.1) is 0 Å². The number of hydrogen-bond acceptors (Lipinski definition) is 6. The average Bonchev–Trinajstić information content (AvgIpc) is 2.89. The van der Waals surface area contributed by atoms with E-state index in [4.69, 9.17) is 9.47 Å². The van der Waals surface area contributed by atoms with Crippen molar-refractivity contribution in [2.75, 3.05) is 20.7 Å². The molecule has 1 aliphatic carbocycles. The lowest BCUT2D eigenvalue weighted by molar-refractivity contribution is -0.156. The van der Waals surface area contributed by atoms with Crippen LogP contribution in [-0.2, 0) is 23.9 Å². The molecule has 0 saturated heterocycles. The summed E-state index contributed by atoms with van der Waals surface area (Å²) in [5.74, 6) is -4.62. The predicted molar refractivity (Wildman–Crippen MR) is 91.2 cm³/mol. The number of carbonyl (C=O) groups excluding carboxylic acids is 3. The van der Waals surface area contributed by atoms with Gasteiger partial charge in [0.25, 0.3) is 0 Å². The van der Waals surface area contributed by atoms with Crippen molar-refractivity contribution in [2.24, 2.45) is 17.8 Å². The zero-order chi connectivity index (χ0) is 20.2.